The number of hydrogen-bond acceptors (Lipinski definition) is 5. The van der Waals surface area contributed by atoms with Gasteiger partial charge in [-0.15, -0.1) is 0 Å². The van der Waals surface area contributed by atoms with Gasteiger partial charge in [-0.05, 0) is 30.5 Å². The smallest absolute Gasteiger partial charge is 0.303 e. The topological polar surface area (TPSA) is 121 Å². The molecule has 0 spiro atoms. The number of carboxylic acid groups (broad SMARTS) is 1. The Bertz CT molecular complexity index is 785. The molecule has 0 saturated carbocycles. The van der Waals surface area contributed by atoms with Crippen molar-refractivity contribution in [3.63, 3.8) is 0 Å². The maximum atomic E-state index is 12.5. The van der Waals surface area contributed by atoms with Crippen LogP contribution in [0.3, 0.4) is 0 Å². The lowest BCUT2D eigenvalue weighted by atomic mass is 10.0. The van der Waals surface area contributed by atoms with E-state index in [9.17, 15) is 24.0 Å². The summed E-state index contributed by atoms with van der Waals surface area (Å²) in [5, 5.41) is 10.9. The molecule has 24 heavy (non-hydrogen) atoms. The van der Waals surface area contributed by atoms with Gasteiger partial charge >= 0.3 is 5.97 Å². The Balaban J connectivity index is 1.86. The van der Waals surface area contributed by atoms with Crippen LogP contribution in [0, 0.1) is 0 Å². The Kier molecular flexibility index (Phi) is 3.88. The fourth-order valence-electron chi connectivity index (χ4n) is 2.92. The van der Waals surface area contributed by atoms with Crippen molar-refractivity contribution in [3.05, 3.63) is 34.9 Å². The zero-order chi connectivity index (χ0) is 17.4. The van der Waals surface area contributed by atoms with Gasteiger partial charge in [0, 0.05) is 12.8 Å². The maximum Gasteiger partial charge on any atom is 0.303 e. The number of nitrogens with one attached hydrogen (secondary N) is 1. The Morgan fingerprint density at radius 3 is 2.54 bits per heavy atom. The molecule has 0 radical (unpaired) electrons. The first-order chi connectivity index (χ1) is 11.4. The van der Waals surface area contributed by atoms with E-state index < -0.39 is 35.6 Å². The van der Waals surface area contributed by atoms with E-state index in [2.05, 4.69) is 5.32 Å². The van der Waals surface area contributed by atoms with Crippen molar-refractivity contribution in [2.45, 2.75) is 31.7 Å². The zero-order valence-electron chi connectivity index (χ0n) is 12.6. The molecule has 8 nitrogen and oxygen atoms in total. The molecule has 2 N–H and O–H groups in total. The minimum absolute atomic E-state index is 0.0632. The molecule has 0 aromatic heterocycles. The van der Waals surface area contributed by atoms with E-state index in [0.717, 1.165) is 4.90 Å². The minimum atomic E-state index is -1.00. The highest BCUT2D eigenvalue weighted by Crippen LogP contribution is 2.28. The van der Waals surface area contributed by atoms with Crippen LogP contribution in [0.4, 0.5) is 0 Å². The van der Waals surface area contributed by atoms with Crippen LogP contribution in [0.15, 0.2) is 18.2 Å². The lowest BCUT2D eigenvalue weighted by molar-refractivity contribution is -0.137. The molecule has 2 aliphatic heterocycles. The fourth-order valence-corrected chi connectivity index (χ4v) is 2.92. The number of piperidine rings is 1. The molecule has 0 aliphatic carbocycles. The molecular formula is C16H14N2O6. The number of aryl methyl sites for hydroxylation is 1. The Morgan fingerprint density at radius 2 is 1.88 bits per heavy atom. The Hall–Kier alpha value is -3.03. The highest BCUT2D eigenvalue weighted by atomic mass is 16.4. The van der Waals surface area contributed by atoms with E-state index in [1.807, 2.05) is 0 Å². The summed E-state index contributed by atoms with van der Waals surface area (Å²) in [7, 11) is 0. The number of benzene rings is 1. The summed E-state index contributed by atoms with van der Waals surface area (Å²) in [4.78, 5) is 59.7. The first kappa shape index (κ1) is 15.9. The van der Waals surface area contributed by atoms with E-state index in [-0.39, 0.29) is 36.8 Å². The largest absolute Gasteiger partial charge is 0.481 e. The molecule has 2 heterocycles. The molecule has 0 bridgehead atoms. The van der Waals surface area contributed by atoms with Gasteiger partial charge in [-0.3, -0.25) is 34.2 Å². The van der Waals surface area contributed by atoms with Crippen molar-refractivity contribution in [3.8, 4) is 0 Å². The highest BCUT2D eigenvalue weighted by molar-refractivity contribution is 6.23. The molecule has 1 atom stereocenters. The van der Waals surface area contributed by atoms with Crippen molar-refractivity contribution < 1.29 is 29.1 Å². The maximum absolute atomic E-state index is 12.5. The summed E-state index contributed by atoms with van der Waals surface area (Å²) in [6.45, 7) is 0. The van der Waals surface area contributed by atoms with Gasteiger partial charge in [0.25, 0.3) is 11.8 Å². The summed E-state index contributed by atoms with van der Waals surface area (Å²) < 4.78 is 0. The van der Waals surface area contributed by atoms with Crippen LogP contribution in [0.1, 0.15) is 45.5 Å². The van der Waals surface area contributed by atoms with Crippen LogP contribution >= 0.6 is 0 Å². The van der Waals surface area contributed by atoms with Gasteiger partial charge in [0.05, 0.1) is 11.1 Å². The van der Waals surface area contributed by atoms with Crippen LogP contribution in [0.25, 0.3) is 0 Å². The SMILES string of the molecule is O=C(O)CCc1ccc2c(c1)C(=O)N(C1CCC(=O)NC1=O)C2=O. The fraction of sp³-hybridized carbons (Fsp3) is 0.312. The van der Waals surface area contributed by atoms with E-state index >= 15 is 0 Å². The molecule has 1 saturated heterocycles. The second kappa shape index (κ2) is 5.88. The predicted octanol–water partition coefficient (Wildman–Crippen LogP) is 0.105. The quantitative estimate of drug-likeness (QED) is 0.756. The number of imide groups is 2. The molecule has 8 heteroatoms. The molecule has 1 aromatic rings. The highest BCUT2D eigenvalue weighted by Gasteiger charge is 2.44. The average molecular weight is 330 g/mol. The van der Waals surface area contributed by atoms with Crippen LogP contribution in [-0.2, 0) is 20.8 Å². The number of carboxylic acids is 1. The van der Waals surface area contributed by atoms with E-state index in [1.54, 1.807) is 6.07 Å². The number of fused-ring (bicyclic) bond motifs is 1. The summed E-state index contributed by atoms with van der Waals surface area (Å²) in [6.07, 6.45) is 0.315. The predicted molar refractivity (Wildman–Crippen MR) is 79.1 cm³/mol. The van der Waals surface area contributed by atoms with E-state index in [1.165, 1.54) is 12.1 Å². The van der Waals surface area contributed by atoms with Crippen LogP contribution in [0.2, 0.25) is 0 Å². The third-order valence-corrected chi connectivity index (χ3v) is 4.13. The van der Waals surface area contributed by atoms with Gasteiger partial charge < -0.3 is 5.11 Å². The average Bonchev–Trinajstić information content (AvgIpc) is 2.77. The minimum Gasteiger partial charge on any atom is -0.481 e. The first-order valence-electron chi connectivity index (χ1n) is 7.45. The molecular weight excluding hydrogens is 316 g/mol. The van der Waals surface area contributed by atoms with Crippen molar-refractivity contribution in [1.82, 2.24) is 10.2 Å². The molecule has 124 valence electrons. The van der Waals surface area contributed by atoms with Crippen molar-refractivity contribution in [2.24, 2.45) is 0 Å². The van der Waals surface area contributed by atoms with Gasteiger partial charge in [0.15, 0.2) is 0 Å². The molecule has 4 amide bonds. The monoisotopic (exact) mass is 330 g/mol. The molecule has 1 fully saturated rings. The van der Waals surface area contributed by atoms with Gasteiger partial charge in [-0.1, -0.05) is 6.07 Å². The van der Waals surface area contributed by atoms with Crippen molar-refractivity contribution >= 4 is 29.6 Å². The normalized spacial score (nSPS) is 20.2. The number of rotatable bonds is 4. The van der Waals surface area contributed by atoms with Gasteiger partial charge in [0.2, 0.25) is 11.8 Å². The first-order valence-corrected chi connectivity index (χ1v) is 7.45. The van der Waals surface area contributed by atoms with Crippen molar-refractivity contribution in [2.75, 3.05) is 0 Å². The number of carbonyl (C=O) groups excluding carboxylic acids is 4. The van der Waals surface area contributed by atoms with Gasteiger partial charge in [-0.2, -0.15) is 0 Å². The number of aliphatic carboxylic acids is 1. The van der Waals surface area contributed by atoms with Crippen LogP contribution in [-0.4, -0.2) is 45.6 Å². The van der Waals surface area contributed by atoms with Crippen LogP contribution in [0.5, 0.6) is 0 Å². The van der Waals surface area contributed by atoms with Gasteiger partial charge in [-0.25, -0.2) is 0 Å². The summed E-state index contributed by atoms with van der Waals surface area (Å²) >= 11 is 0. The third-order valence-electron chi connectivity index (χ3n) is 4.13. The number of amides is 4. The third kappa shape index (κ3) is 2.66. The number of carbonyl (C=O) groups is 5. The van der Waals surface area contributed by atoms with E-state index in [4.69, 9.17) is 5.11 Å². The number of nitrogens with zero attached hydrogens (tertiary/aromatic N) is 1. The second-order valence-corrected chi connectivity index (χ2v) is 5.72. The zero-order valence-corrected chi connectivity index (χ0v) is 12.6. The summed E-state index contributed by atoms with van der Waals surface area (Å²) in [5.74, 6) is -3.21. The van der Waals surface area contributed by atoms with Gasteiger partial charge in [0.1, 0.15) is 6.04 Å². The molecule has 1 aromatic carbocycles. The Morgan fingerprint density at radius 1 is 1.17 bits per heavy atom. The van der Waals surface area contributed by atoms with Crippen LogP contribution < -0.4 is 5.32 Å². The summed E-state index contributed by atoms with van der Waals surface area (Å²) in [6, 6.07) is 3.56. The molecule has 3 rings (SSSR count). The standard InChI is InChI=1S/C16H14N2O6/c19-12-5-4-11(14(22)17-12)18-15(23)9-3-1-8(2-6-13(20)21)7-10(9)16(18)24/h1,3,7,11H,2,4-6H2,(H,20,21)(H,17,19,22). The lowest BCUT2D eigenvalue weighted by Gasteiger charge is -2.27. The second-order valence-electron chi connectivity index (χ2n) is 5.72. The molecule has 1 unspecified atom stereocenters. The van der Waals surface area contributed by atoms with E-state index in [0.29, 0.717) is 5.56 Å². The summed E-state index contributed by atoms with van der Waals surface area (Å²) in [5.41, 5.74) is 0.971. The lowest BCUT2D eigenvalue weighted by Crippen LogP contribution is -2.54. The molecule has 2 aliphatic rings. The Labute approximate surface area is 136 Å². The van der Waals surface area contributed by atoms with Crippen molar-refractivity contribution in [1.29, 1.82) is 0 Å². The number of hydrogen-bond donors (Lipinski definition) is 2.